The predicted molar refractivity (Wildman–Crippen MR) is 81.3 cm³/mol. The van der Waals surface area contributed by atoms with Crippen LogP contribution in [0, 0.1) is 0 Å². The van der Waals surface area contributed by atoms with Gasteiger partial charge in [0, 0.05) is 18.4 Å². The summed E-state index contributed by atoms with van der Waals surface area (Å²) in [5, 5.41) is 15.9. The van der Waals surface area contributed by atoms with E-state index in [1.165, 1.54) is 0 Å². The van der Waals surface area contributed by atoms with Crippen molar-refractivity contribution in [2.45, 2.75) is 30.8 Å². The zero-order valence-corrected chi connectivity index (χ0v) is 13.1. The second kappa shape index (κ2) is 8.58. The second-order valence-electron chi connectivity index (χ2n) is 4.39. The molecule has 7 nitrogen and oxygen atoms in total. The average Bonchev–Trinajstić information content (AvgIpc) is 2.97. The van der Waals surface area contributed by atoms with Crippen molar-refractivity contribution in [2.75, 3.05) is 20.2 Å². The topological polar surface area (TPSA) is 77.8 Å². The fourth-order valence-corrected chi connectivity index (χ4v) is 2.53. The van der Waals surface area contributed by atoms with Crippen LogP contribution in [0.2, 0.25) is 0 Å². The molecule has 0 saturated carbocycles. The van der Waals surface area contributed by atoms with Crippen LogP contribution in [-0.4, -0.2) is 45.4 Å². The number of ether oxygens (including phenoxy) is 1. The summed E-state index contributed by atoms with van der Waals surface area (Å²) in [4.78, 5) is 4.37. The maximum Gasteiger partial charge on any atom is 0.213 e. The first kappa shape index (κ1) is 15.7. The van der Waals surface area contributed by atoms with Crippen molar-refractivity contribution in [2.24, 2.45) is 0 Å². The van der Waals surface area contributed by atoms with Crippen LogP contribution >= 0.6 is 11.8 Å². The minimum Gasteiger partial charge on any atom is -0.481 e. The number of hydrogen-bond donors (Lipinski definition) is 1. The highest BCUT2D eigenvalue weighted by molar-refractivity contribution is 7.98. The van der Waals surface area contributed by atoms with E-state index in [2.05, 4.69) is 32.7 Å². The second-order valence-corrected chi connectivity index (χ2v) is 5.34. The van der Waals surface area contributed by atoms with Crippen LogP contribution in [0.25, 0.3) is 0 Å². The van der Waals surface area contributed by atoms with E-state index in [-0.39, 0.29) is 0 Å². The standard InChI is InChI=1S/C13H20N6OS/c1-3-7-14-8-9-19-13(16-17-18-19)21-10-11-5-4-6-12(15-11)20-2/h4-6,14H,3,7-10H2,1-2H3. The van der Waals surface area contributed by atoms with E-state index in [1.807, 2.05) is 22.9 Å². The lowest BCUT2D eigenvalue weighted by molar-refractivity contribution is 0.397. The summed E-state index contributed by atoms with van der Waals surface area (Å²) in [6.45, 7) is 4.79. The third-order valence-electron chi connectivity index (χ3n) is 2.77. The highest BCUT2D eigenvalue weighted by Gasteiger charge is 2.07. The largest absolute Gasteiger partial charge is 0.481 e. The lowest BCUT2D eigenvalue weighted by atomic mass is 10.4. The molecule has 0 atom stereocenters. The molecule has 0 aliphatic heterocycles. The van der Waals surface area contributed by atoms with Crippen LogP contribution in [0.1, 0.15) is 19.0 Å². The Kier molecular flexibility index (Phi) is 6.42. The van der Waals surface area contributed by atoms with E-state index in [9.17, 15) is 0 Å². The molecule has 0 aliphatic rings. The summed E-state index contributed by atoms with van der Waals surface area (Å²) in [5.74, 6) is 1.33. The van der Waals surface area contributed by atoms with Gasteiger partial charge in [-0.15, -0.1) is 5.10 Å². The molecule has 2 aromatic heterocycles. The Bertz CT molecular complexity index is 547. The SMILES string of the molecule is CCCNCCn1nnnc1SCc1cccc(OC)n1. The van der Waals surface area contributed by atoms with Gasteiger partial charge in [0.1, 0.15) is 0 Å². The number of pyridine rings is 1. The number of aromatic nitrogens is 5. The molecule has 8 heteroatoms. The van der Waals surface area contributed by atoms with Gasteiger partial charge in [0.2, 0.25) is 11.0 Å². The van der Waals surface area contributed by atoms with Crippen LogP contribution in [0.3, 0.4) is 0 Å². The van der Waals surface area contributed by atoms with Crippen LogP contribution in [0.15, 0.2) is 23.4 Å². The molecule has 0 fully saturated rings. The highest BCUT2D eigenvalue weighted by atomic mass is 32.2. The number of methoxy groups -OCH3 is 1. The van der Waals surface area contributed by atoms with Crippen molar-refractivity contribution >= 4 is 11.8 Å². The molecule has 2 heterocycles. The van der Waals surface area contributed by atoms with E-state index in [0.29, 0.717) is 11.6 Å². The van der Waals surface area contributed by atoms with Gasteiger partial charge in [0.15, 0.2) is 0 Å². The van der Waals surface area contributed by atoms with E-state index < -0.39 is 0 Å². The Morgan fingerprint density at radius 3 is 3.05 bits per heavy atom. The molecule has 2 aromatic rings. The van der Waals surface area contributed by atoms with Crippen molar-refractivity contribution in [3.63, 3.8) is 0 Å². The highest BCUT2D eigenvalue weighted by Crippen LogP contribution is 2.19. The summed E-state index contributed by atoms with van der Waals surface area (Å²) >= 11 is 1.57. The lowest BCUT2D eigenvalue weighted by Gasteiger charge is -2.05. The van der Waals surface area contributed by atoms with Crippen molar-refractivity contribution in [3.8, 4) is 5.88 Å². The number of hydrogen-bond acceptors (Lipinski definition) is 7. The zero-order valence-electron chi connectivity index (χ0n) is 12.3. The molecule has 21 heavy (non-hydrogen) atoms. The van der Waals surface area contributed by atoms with Crippen molar-refractivity contribution in [3.05, 3.63) is 23.9 Å². The van der Waals surface area contributed by atoms with E-state index >= 15 is 0 Å². The number of tetrazole rings is 1. The molecule has 0 radical (unpaired) electrons. The Hall–Kier alpha value is -1.67. The fraction of sp³-hybridized carbons (Fsp3) is 0.538. The molecule has 2 rings (SSSR count). The molecule has 0 unspecified atom stereocenters. The summed E-state index contributed by atoms with van der Waals surface area (Å²) in [5.41, 5.74) is 0.943. The fourth-order valence-electron chi connectivity index (χ4n) is 1.72. The van der Waals surface area contributed by atoms with Gasteiger partial charge in [-0.1, -0.05) is 24.8 Å². The first-order valence-electron chi connectivity index (χ1n) is 6.93. The molecule has 0 aliphatic carbocycles. The Balaban J connectivity index is 1.86. The quantitative estimate of drug-likeness (QED) is 0.553. The van der Waals surface area contributed by atoms with Gasteiger partial charge < -0.3 is 10.1 Å². The van der Waals surface area contributed by atoms with Gasteiger partial charge in [-0.25, -0.2) is 9.67 Å². The third-order valence-corrected chi connectivity index (χ3v) is 3.76. The summed E-state index contributed by atoms with van der Waals surface area (Å²) in [6, 6.07) is 5.73. The minimum absolute atomic E-state index is 0.622. The van der Waals surface area contributed by atoms with Gasteiger partial charge >= 0.3 is 0 Å². The van der Waals surface area contributed by atoms with E-state index in [0.717, 1.165) is 36.9 Å². The summed E-state index contributed by atoms with van der Waals surface area (Å²) in [7, 11) is 1.61. The Morgan fingerprint density at radius 2 is 2.24 bits per heavy atom. The van der Waals surface area contributed by atoms with Crippen molar-refractivity contribution < 1.29 is 4.74 Å². The molecule has 0 bridgehead atoms. The van der Waals surface area contributed by atoms with Crippen LogP contribution < -0.4 is 10.1 Å². The molecular formula is C13H20N6OS. The molecule has 0 aromatic carbocycles. The van der Waals surface area contributed by atoms with Gasteiger partial charge in [0.05, 0.1) is 19.3 Å². The van der Waals surface area contributed by atoms with Gasteiger partial charge in [-0.2, -0.15) is 0 Å². The molecule has 1 N–H and O–H groups in total. The van der Waals surface area contributed by atoms with Gasteiger partial charge in [0.25, 0.3) is 0 Å². The maximum atomic E-state index is 5.12. The molecule has 114 valence electrons. The lowest BCUT2D eigenvalue weighted by Crippen LogP contribution is -2.21. The average molecular weight is 308 g/mol. The van der Waals surface area contributed by atoms with Crippen molar-refractivity contribution in [1.29, 1.82) is 0 Å². The van der Waals surface area contributed by atoms with Crippen LogP contribution in [0.4, 0.5) is 0 Å². The Morgan fingerprint density at radius 1 is 1.33 bits per heavy atom. The normalized spacial score (nSPS) is 10.8. The first-order valence-corrected chi connectivity index (χ1v) is 7.91. The van der Waals surface area contributed by atoms with Gasteiger partial charge in [-0.05, 0) is 29.5 Å². The smallest absolute Gasteiger partial charge is 0.213 e. The number of rotatable bonds is 9. The van der Waals surface area contributed by atoms with Gasteiger partial charge in [-0.3, -0.25) is 0 Å². The zero-order chi connectivity index (χ0) is 14.9. The maximum absolute atomic E-state index is 5.12. The summed E-state index contributed by atoms with van der Waals surface area (Å²) in [6.07, 6.45) is 1.12. The monoisotopic (exact) mass is 308 g/mol. The molecule has 0 amide bonds. The molecule has 0 saturated heterocycles. The van der Waals surface area contributed by atoms with E-state index in [1.54, 1.807) is 18.9 Å². The van der Waals surface area contributed by atoms with Crippen molar-refractivity contribution in [1.82, 2.24) is 30.5 Å². The number of nitrogens with zero attached hydrogens (tertiary/aromatic N) is 5. The Labute approximate surface area is 128 Å². The van der Waals surface area contributed by atoms with Crippen LogP contribution in [0.5, 0.6) is 5.88 Å². The summed E-state index contributed by atoms with van der Waals surface area (Å²) < 4.78 is 6.93. The molecular weight excluding hydrogens is 288 g/mol. The van der Waals surface area contributed by atoms with Crippen LogP contribution in [-0.2, 0) is 12.3 Å². The number of nitrogens with one attached hydrogen (secondary N) is 1. The number of thioether (sulfide) groups is 1. The van der Waals surface area contributed by atoms with E-state index in [4.69, 9.17) is 4.74 Å². The predicted octanol–water partition coefficient (Wildman–Crippen LogP) is 1.37. The molecule has 0 spiro atoms. The first-order chi connectivity index (χ1) is 10.3. The minimum atomic E-state index is 0.622. The third kappa shape index (κ3) is 4.98.